The average Bonchev–Trinajstić information content (AvgIpc) is 2.97. The number of hydrogen-bond donors (Lipinski definition) is 3. The molecule has 1 saturated heterocycles. The molecule has 0 bridgehead atoms. The Morgan fingerprint density at radius 3 is 2.87 bits per heavy atom. The van der Waals surface area contributed by atoms with Gasteiger partial charge in [0.25, 0.3) is 5.24 Å². The van der Waals surface area contributed by atoms with Gasteiger partial charge < -0.3 is 16.4 Å². The van der Waals surface area contributed by atoms with Crippen molar-refractivity contribution in [3.8, 4) is 0 Å². The standard InChI is InChI=1S/C9H15N3O2S/c10-3-6(5-1-2-5)11-8(13)7-4-15-9(14)12-7/h5-7H,1-4,10H2,(H,11,13)(H,12,14). The van der Waals surface area contributed by atoms with Crippen LogP contribution in [-0.4, -0.2) is 35.5 Å². The Hall–Kier alpha value is -0.750. The zero-order valence-corrected chi connectivity index (χ0v) is 9.18. The van der Waals surface area contributed by atoms with Crippen molar-refractivity contribution >= 4 is 22.9 Å². The van der Waals surface area contributed by atoms with Crippen LogP contribution >= 0.6 is 11.8 Å². The highest BCUT2D eigenvalue weighted by molar-refractivity contribution is 8.14. The maximum absolute atomic E-state index is 11.7. The van der Waals surface area contributed by atoms with Gasteiger partial charge in [-0.1, -0.05) is 11.8 Å². The molecule has 84 valence electrons. The Kier molecular flexibility index (Phi) is 3.16. The van der Waals surface area contributed by atoms with E-state index < -0.39 is 0 Å². The van der Waals surface area contributed by atoms with Gasteiger partial charge in [0.1, 0.15) is 6.04 Å². The Labute approximate surface area is 92.5 Å². The number of thioether (sulfide) groups is 1. The molecule has 1 aliphatic carbocycles. The fourth-order valence-corrected chi connectivity index (χ4v) is 2.46. The summed E-state index contributed by atoms with van der Waals surface area (Å²) in [5.74, 6) is 0.964. The molecular weight excluding hydrogens is 214 g/mol. The molecule has 0 aromatic carbocycles. The van der Waals surface area contributed by atoms with Crippen molar-refractivity contribution in [1.29, 1.82) is 0 Å². The van der Waals surface area contributed by atoms with Crippen LogP contribution in [0.2, 0.25) is 0 Å². The first-order chi connectivity index (χ1) is 7.20. The van der Waals surface area contributed by atoms with Crippen LogP contribution in [0.1, 0.15) is 12.8 Å². The van der Waals surface area contributed by atoms with Crippen molar-refractivity contribution in [3.63, 3.8) is 0 Å². The first-order valence-corrected chi connectivity index (χ1v) is 6.13. The summed E-state index contributed by atoms with van der Waals surface area (Å²) in [5.41, 5.74) is 5.58. The molecule has 0 aromatic rings. The molecular formula is C9H15N3O2S. The number of amides is 2. The highest BCUT2D eigenvalue weighted by Crippen LogP contribution is 2.32. The Morgan fingerprint density at radius 1 is 1.67 bits per heavy atom. The largest absolute Gasteiger partial charge is 0.350 e. The van der Waals surface area contributed by atoms with Gasteiger partial charge in [0.15, 0.2) is 0 Å². The lowest BCUT2D eigenvalue weighted by molar-refractivity contribution is -0.123. The summed E-state index contributed by atoms with van der Waals surface area (Å²) in [6.07, 6.45) is 2.29. The first kappa shape index (κ1) is 10.8. The molecule has 1 aliphatic heterocycles. The highest BCUT2D eigenvalue weighted by atomic mass is 32.2. The number of nitrogens with two attached hydrogens (primary N) is 1. The van der Waals surface area contributed by atoms with Crippen molar-refractivity contribution in [2.45, 2.75) is 24.9 Å². The third-order valence-electron chi connectivity index (χ3n) is 2.76. The molecule has 0 radical (unpaired) electrons. The van der Waals surface area contributed by atoms with Gasteiger partial charge in [-0.15, -0.1) is 0 Å². The molecule has 4 N–H and O–H groups in total. The van der Waals surface area contributed by atoms with Crippen molar-refractivity contribution in [2.75, 3.05) is 12.3 Å². The van der Waals surface area contributed by atoms with E-state index in [0.29, 0.717) is 18.2 Å². The fraction of sp³-hybridized carbons (Fsp3) is 0.778. The second-order valence-corrected chi connectivity index (χ2v) is 4.98. The van der Waals surface area contributed by atoms with Crippen LogP contribution in [0.5, 0.6) is 0 Å². The molecule has 5 nitrogen and oxygen atoms in total. The predicted molar refractivity (Wildman–Crippen MR) is 58.5 cm³/mol. The topological polar surface area (TPSA) is 84.2 Å². The average molecular weight is 229 g/mol. The van der Waals surface area contributed by atoms with Gasteiger partial charge in [0.2, 0.25) is 5.91 Å². The van der Waals surface area contributed by atoms with Gasteiger partial charge in [-0.3, -0.25) is 9.59 Å². The number of carbonyl (C=O) groups excluding carboxylic acids is 2. The lowest BCUT2D eigenvalue weighted by Gasteiger charge is -2.18. The van der Waals surface area contributed by atoms with E-state index in [1.807, 2.05) is 0 Å². The maximum atomic E-state index is 11.7. The zero-order valence-electron chi connectivity index (χ0n) is 8.36. The Morgan fingerprint density at radius 2 is 2.40 bits per heavy atom. The van der Waals surface area contributed by atoms with Gasteiger partial charge in [0.05, 0.1) is 0 Å². The number of hydrogen-bond acceptors (Lipinski definition) is 4. The smallest absolute Gasteiger partial charge is 0.279 e. The van der Waals surface area contributed by atoms with E-state index in [2.05, 4.69) is 10.6 Å². The third kappa shape index (κ3) is 2.63. The zero-order chi connectivity index (χ0) is 10.8. The molecule has 15 heavy (non-hydrogen) atoms. The summed E-state index contributed by atoms with van der Waals surface area (Å²) in [4.78, 5) is 22.6. The molecule has 0 aromatic heterocycles. The van der Waals surface area contributed by atoms with Crippen LogP contribution in [0.3, 0.4) is 0 Å². The molecule has 0 spiro atoms. The lowest BCUT2D eigenvalue weighted by atomic mass is 10.1. The lowest BCUT2D eigenvalue weighted by Crippen LogP contribution is -2.50. The van der Waals surface area contributed by atoms with Gasteiger partial charge in [-0.2, -0.15) is 0 Å². The van der Waals surface area contributed by atoms with Crippen LogP contribution in [0.25, 0.3) is 0 Å². The minimum Gasteiger partial charge on any atom is -0.350 e. The van der Waals surface area contributed by atoms with Crippen LogP contribution in [-0.2, 0) is 4.79 Å². The summed E-state index contributed by atoms with van der Waals surface area (Å²) in [5, 5.41) is 5.39. The van der Waals surface area contributed by atoms with Crippen molar-refractivity contribution in [2.24, 2.45) is 11.7 Å². The summed E-state index contributed by atoms with van der Waals surface area (Å²) >= 11 is 1.15. The fourth-order valence-electron chi connectivity index (χ4n) is 1.68. The van der Waals surface area contributed by atoms with E-state index in [-0.39, 0.29) is 23.2 Å². The van der Waals surface area contributed by atoms with Gasteiger partial charge in [-0.05, 0) is 18.8 Å². The number of carbonyl (C=O) groups is 2. The third-order valence-corrected chi connectivity index (χ3v) is 3.64. The van der Waals surface area contributed by atoms with E-state index in [9.17, 15) is 9.59 Å². The Balaban J connectivity index is 1.82. The quantitative estimate of drug-likeness (QED) is 0.616. The van der Waals surface area contributed by atoms with E-state index >= 15 is 0 Å². The summed E-state index contributed by atoms with van der Waals surface area (Å²) in [7, 11) is 0. The van der Waals surface area contributed by atoms with Crippen molar-refractivity contribution < 1.29 is 9.59 Å². The minimum absolute atomic E-state index is 0.0833. The van der Waals surface area contributed by atoms with E-state index in [1.54, 1.807) is 0 Å². The number of nitrogens with one attached hydrogen (secondary N) is 2. The van der Waals surface area contributed by atoms with E-state index in [0.717, 1.165) is 24.6 Å². The first-order valence-electron chi connectivity index (χ1n) is 5.14. The van der Waals surface area contributed by atoms with Crippen molar-refractivity contribution in [3.05, 3.63) is 0 Å². The van der Waals surface area contributed by atoms with Crippen LogP contribution in [0.15, 0.2) is 0 Å². The van der Waals surface area contributed by atoms with Gasteiger partial charge in [-0.25, -0.2) is 0 Å². The molecule has 2 aliphatic rings. The monoisotopic (exact) mass is 229 g/mol. The maximum Gasteiger partial charge on any atom is 0.279 e. The van der Waals surface area contributed by atoms with Gasteiger partial charge in [0, 0.05) is 18.3 Å². The highest BCUT2D eigenvalue weighted by Gasteiger charge is 2.34. The van der Waals surface area contributed by atoms with Crippen molar-refractivity contribution in [1.82, 2.24) is 10.6 Å². The predicted octanol–water partition coefficient (Wildman–Crippen LogP) is -0.335. The molecule has 2 amide bonds. The molecule has 2 atom stereocenters. The molecule has 2 fully saturated rings. The minimum atomic E-state index is -0.379. The molecule has 1 heterocycles. The Bertz CT molecular complexity index is 281. The SMILES string of the molecule is NCC(NC(=O)C1CSC(=O)N1)C1CC1. The number of rotatable bonds is 4. The van der Waals surface area contributed by atoms with Crippen LogP contribution < -0.4 is 16.4 Å². The second-order valence-electron chi connectivity index (χ2n) is 3.98. The summed E-state index contributed by atoms with van der Waals surface area (Å²) in [6.45, 7) is 0.476. The molecule has 1 saturated carbocycles. The molecule has 2 rings (SSSR count). The summed E-state index contributed by atoms with van der Waals surface area (Å²) < 4.78 is 0. The normalized spacial score (nSPS) is 27.3. The van der Waals surface area contributed by atoms with E-state index in [4.69, 9.17) is 5.73 Å². The van der Waals surface area contributed by atoms with Gasteiger partial charge >= 0.3 is 0 Å². The van der Waals surface area contributed by atoms with Crippen LogP contribution in [0.4, 0.5) is 4.79 Å². The second kappa shape index (κ2) is 4.40. The summed E-state index contributed by atoms with van der Waals surface area (Å²) in [6, 6.07) is -0.296. The van der Waals surface area contributed by atoms with Crippen LogP contribution in [0, 0.1) is 5.92 Å². The van der Waals surface area contributed by atoms with E-state index in [1.165, 1.54) is 0 Å². The molecule has 2 unspecified atom stereocenters. The molecule has 6 heteroatoms.